The Morgan fingerprint density at radius 3 is 2.53 bits per heavy atom. The van der Waals surface area contributed by atoms with Crippen LogP contribution in [0.15, 0.2) is 29.2 Å². The number of nitrogens with one attached hydrogen (secondary N) is 2. The van der Waals surface area contributed by atoms with Crippen LogP contribution < -0.4 is 15.8 Å². The lowest BCUT2D eigenvalue weighted by atomic mass is 10.2. The Bertz CT molecular complexity index is 554. The molecule has 7 heteroatoms. The van der Waals surface area contributed by atoms with E-state index in [0.29, 0.717) is 19.4 Å². The average molecular weight is 283 g/mol. The van der Waals surface area contributed by atoms with Crippen LogP contribution in [0.2, 0.25) is 0 Å². The van der Waals surface area contributed by atoms with Crippen molar-refractivity contribution in [3.8, 4) is 0 Å². The molecule has 2 rings (SSSR count). The third kappa shape index (κ3) is 3.52. The second-order valence-electron chi connectivity index (χ2n) is 4.50. The molecule has 104 valence electrons. The van der Waals surface area contributed by atoms with Crippen molar-refractivity contribution >= 4 is 15.9 Å². The van der Waals surface area contributed by atoms with E-state index in [9.17, 15) is 13.2 Å². The molecule has 1 aromatic rings. The van der Waals surface area contributed by atoms with E-state index in [2.05, 4.69) is 10.0 Å². The first kappa shape index (κ1) is 14.0. The maximum absolute atomic E-state index is 12.0. The molecule has 0 aromatic heterocycles. The Kier molecular flexibility index (Phi) is 4.18. The zero-order valence-corrected chi connectivity index (χ0v) is 11.2. The van der Waals surface area contributed by atoms with Crippen molar-refractivity contribution in [1.82, 2.24) is 10.0 Å². The number of carbonyl (C=O) groups is 1. The molecule has 1 fully saturated rings. The maximum atomic E-state index is 12.0. The van der Waals surface area contributed by atoms with Gasteiger partial charge in [0.15, 0.2) is 0 Å². The van der Waals surface area contributed by atoms with Crippen molar-refractivity contribution < 1.29 is 13.2 Å². The van der Waals surface area contributed by atoms with E-state index < -0.39 is 10.0 Å². The van der Waals surface area contributed by atoms with Crippen LogP contribution in [0.1, 0.15) is 18.4 Å². The summed E-state index contributed by atoms with van der Waals surface area (Å²) in [5.41, 5.74) is 6.33. The van der Waals surface area contributed by atoms with Gasteiger partial charge in [0.2, 0.25) is 15.9 Å². The lowest BCUT2D eigenvalue weighted by molar-refractivity contribution is -0.119. The lowest BCUT2D eigenvalue weighted by Gasteiger charge is -2.12. The average Bonchev–Trinajstić information content (AvgIpc) is 2.82. The predicted molar refractivity (Wildman–Crippen MR) is 70.7 cm³/mol. The standard InChI is InChI=1S/C12H17N3O3S/c13-7-9-1-4-11(5-2-9)19(17,18)14-8-10-3-6-12(16)15-10/h1-2,4-5,10,14H,3,6-8,13H2,(H,15,16). The minimum atomic E-state index is -3.53. The van der Waals surface area contributed by atoms with Gasteiger partial charge in [-0.3, -0.25) is 4.79 Å². The lowest BCUT2D eigenvalue weighted by Crippen LogP contribution is -2.38. The summed E-state index contributed by atoms with van der Waals surface area (Å²) < 4.78 is 26.5. The van der Waals surface area contributed by atoms with Crippen molar-refractivity contribution in [1.29, 1.82) is 0 Å². The molecule has 4 N–H and O–H groups in total. The molecule has 0 bridgehead atoms. The summed E-state index contributed by atoms with van der Waals surface area (Å²) in [6.07, 6.45) is 1.12. The van der Waals surface area contributed by atoms with Crippen molar-refractivity contribution in [2.24, 2.45) is 5.73 Å². The molecular weight excluding hydrogens is 266 g/mol. The van der Waals surface area contributed by atoms with Gasteiger partial charge in [-0.2, -0.15) is 0 Å². The minimum absolute atomic E-state index is 0.0310. The van der Waals surface area contributed by atoms with Gasteiger partial charge in [-0.15, -0.1) is 0 Å². The monoisotopic (exact) mass is 283 g/mol. The van der Waals surface area contributed by atoms with Crippen LogP contribution in [-0.4, -0.2) is 26.9 Å². The zero-order valence-electron chi connectivity index (χ0n) is 10.4. The van der Waals surface area contributed by atoms with Gasteiger partial charge in [-0.05, 0) is 24.1 Å². The first-order chi connectivity index (χ1) is 9.01. The SMILES string of the molecule is NCc1ccc(S(=O)(=O)NCC2CCC(=O)N2)cc1. The normalized spacial score (nSPS) is 19.4. The van der Waals surface area contributed by atoms with Crippen LogP contribution in [-0.2, 0) is 21.4 Å². The molecule has 1 unspecified atom stereocenters. The zero-order chi connectivity index (χ0) is 13.9. The van der Waals surface area contributed by atoms with Gasteiger partial charge in [0, 0.05) is 25.6 Å². The summed E-state index contributed by atoms with van der Waals surface area (Å²) in [6, 6.07) is 6.30. The smallest absolute Gasteiger partial charge is 0.240 e. The Labute approximate surface area is 112 Å². The van der Waals surface area contributed by atoms with Crippen molar-refractivity contribution in [3.63, 3.8) is 0 Å². The van der Waals surface area contributed by atoms with E-state index in [1.54, 1.807) is 12.1 Å². The number of benzene rings is 1. The van der Waals surface area contributed by atoms with Gasteiger partial charge in [0.05, 0.1) is 4.90 Å². The Morgan fingerprint density at radius 2 is 2.00 bits per heavy atom. The number of rotatable bonds is 5. The third-order valence-corrected chi connectivity index (χ3v) is 4.51. The number of hydrogen-bond donors (Lipinski definition) is 3. The number of carbonyl (C=O) groups excluding carboxylic acids is 1. The van der Waals surface area contributed by atoms with E-state index in [1.165, 1.54) is 12.1 Å². The van der Waals surface area contributed by atoms with Gasteiger partial charge in [-0.25, -0.2) is 13.1 Å². The topological polar surface area (TPSA) is 101 Å². The third-order valence-electron chi connectivity index (χ3n) is 3.07. The molecule has 1 aliphatic rings. The summed E-state index contributed by atoms with van der Waals surface area (Å²) >= 11 is 0. The van der Waals surface area contributed by atoms with Crippen LogP contribution in [0.3, 0.4) is 0 Å². The van der Waals surface area contributed by atoms with Crippen LogP contribution in [0.5, 0.6) is 0 Å². The van der Waals surface area contributed by atoms with Crippen LogP contribution >= 0.6 is 0 Å². The van der Waals surface area contributed by atoms with E-state index in [-0.39, 0.29) is 23.4 Å². The molecule has 1 aromatic carbocycles. The molecule has 1 amide bonds. The van der Waals surface area contributed by atoms with Gasteiger partial charge in [0.1, 0.15) is 0 Å². The largest absolute Gasteiger partial charge is 0.352 e. The van der Waals surface area contributed by atoms with E-state index in [1.807, 2.05) is 0 Å². The summed E-state index contributed by atoms with van der Waals surface area (Å²) in [5, 5.41) is 2.71. The van der Waals surface area contributed by atoms with Crippen molar-refractivity contribution in [2.45, 2.75) is 30.3 Å². The quantitative estimate of drug-likeness (QED) is 0.690. The second kappa shape index (κ2) is 5.68. The Balaban J connectivity index is 1.99. The molecule has 19 heavy (non-hydrogen) atoms. The number of nitrogens with two attached hydrogens (primary N) is 1. The highest BCUT2D eigenvalue weighted by Gasteiger charge is 2.23. The predicted octanol–water partition coefficient (Wildman–Crippen LogP) is -0.298. The fourth-order valence-corrected chi connectivity index (χ4v) is 3.01. The maximum Gasteiger partial charge on any atom is 0.240 e. The van der Waals surface area contributed by atoms with Crippen molar-refractivity contribution in [3.05, 3.63) is 29.8 Å². The molecular formula is C12H17N3O3S. The first-order valence-corrected chi connectivity index (χ1v) is 7.57. The Morgan fingerprint density at radius 1 is 1.32 bits per heavy atom. The summed E-state index contributed by atoms with van der Waals surface area (Å²) in [4.78, 5) is 11.2. The summed E-state index contributed by atoms with van der Waals surface area (Å²) in [6.45, 7) is 0.592. The molecule has 0 radical (unpaired) electrons. The highest BCUT2D eigenvalue weighted by Crippen LogP contribution is 2.11. The highest BCUT2D eigenvalue weighted by molar-refractivity contribution is 7.89. The van der Waals surface area contributed by atoms with E-state index >= 15 is 0 Å². The summed E-state index contributed by atoms with van der Waals surface area (Å²) in [7, 11) is -3.53. The molecule has 0 aliphatic carbocycles. The van der Waals surface area contributed by atoms with Gasteiger partial charge < -0.3 is 11.1 Å². The molecule has 1 saturated heterocycles. The van der Waals surface area contributed by atoms with Gasteiger partial charge >= 0.3 is 0 Å². The highest BCUT2D eigenvalue weighted by atomic mass is 32.2. The van der Waals surface area contributed by atoms with E-state index in [4.69, 9.17) is 5.73 Å². The molecule has 6 nitrogen and oxygen atoms in total. The fraction of sp³-hybridized carbons (Fsp3) is 0.417. The number of sulfonamides is 1. The molecule has 1 heterocycles. The minimum Gasteiger partial charge on any atom is -0.352 e. The van der Waals surface area contributed by atoms with Crippen LogP contribution in [0, 0.1) is 0 Å². The summed E-state index contributed by atoms with van der Waals surface area (Å²) in [5.74, 6) is -0.0310. The Hall–Kier alpha value is -1.44. The van der Waals surface area contributed by atoms with Crippen LogP contribution in [0.25, 0.3) is 0 Å². The molecule has 1 atom stereocenters. The second-order valence-corrected chi connectivity index (χ2v) is 6.27. The fourth-order valence-electron chi connectivity index (χ4n) is 1.93. The molecule has 0 saturated carbocycles. The van der Waals surface area contributed by atoms with Gasteiger partial charge in [-0.1, -0.05) is 12.1 Å². The van der Waals surface area contributed by atoms with Crippen molar-refractivity contribution in [2.75, 3.05) is 6.54 Å². The number of amides is 1. The van der Waals surface area contributed by atoms with Crippen LogP contribution in [0.4, 0.5) is 0 Å². The van der Waals surface area contributed by atoms with Gasteiger partial charge in [0.25, 0.3) is 0 Å². The van der Waals surface area contributed by atoms with E-state index in [0.717, 1.165) is 5.56 Å². The first-order valence-electron chi connectivity index (χ1n) is 6.09. The number of hydrogen-bond acceptors (Lipinski definition) is 4. The molecule has 0 spiro atoms. The molecule has 1 aliphatic heterocycles.